The number of hydrogen-bond donors (Lipinski definition) is 0. The van der Waals surface area contributed by atoms with Gasteiger partial charge in [0.2, 0.25) is 0 Å². The quantitative estimate of drug-likeness (QED) is 0.353. The van der Waals surface area contributed by atoms with Crippen LogP contribution in [0.15, 0.2) is 63.8 Å². The van der Waals surface area contributed by atoms with Crippen LogP contribution in [0.25, 0.3) is 11.0 Å². The smallest absolute Gasteiger partial charge is 0.347 e. The second-order valence-electron chi connectivity index (χ2n) is 6.30. The van der Waals surface area contributed by atoms with Gasteiger partial charge in [-0.05, 0) is 43.3 Å². The summed E-state index contributed by atoms with van der Waals surface area (Å²) in [5.41, 5.74) is 0.0909. The lowest BCUT2D eigenvalue weighted by molar-refractivity contribution is -0.145. The van der Waals surface area contributed by atoms with Gasteiger partial charge in [0.1, 0.15) is 29.6 Å². The van der Waals surface area contributed by atoms with Crippen molar-refractivity contribution in [2.75, 3.05) is 6.61 Å². The maximum atomic E-state index is 12.7. The number of ether oxygens (including phenoxy) is 2. The number of ketones is 1. The van der Waals surface area contributed by atoms with E-state index in [1.165, 1.54) is 6.07 Å². The Morgan fingerprint density at radius 1 is 1.07 bits per heavy atom. The van der Waals surface area contributed by atoms with Gasteiger partial charge >= 0.3 is 11.6 Å². The SMILES string of the molecule is CCC(=O)OCC(C)Oc1ccc(C(=O)c2cc3ccccc3oc2=O)cc1. The minimum atomic E-state index is -0.671. The Kier molecular flexibility index (Phi) is 5.89. The first-order chi connectivity index (χ1) is 13.5. The fourth-order valence-corrected chi connectivity index (χ4v) is 2.64. The first-order valence-electron chi connectivity index (χ1n) is 8.98. The highest BCUT2D eigenvalue weighted by atomic mass is 16.6. The molecule has 28 heavy (non-hydrogen) atoms. The minimum Gasteiger partial charge on any atom is -0.487 e. The van der Waals surface area contributed by atoms with Gasteiger partial charge in [-0.1, -0.05) is 25.1 Å². The van der Waals surface area contributed by atoms with Gasteiger partial charge in [-0.25, -0.2) is 4.79 Å². The molecule has 6 nitrogen and oxygen atoms in total. The van der Waals surface area contributed by atoms with E-state index in [-0.39, 0.29) is 24.2 Å². The predicted molar refractivity (Wildman–Crippen MR) is 104 cm³/mol. The molecule has 0 amide bonds. The molecule has 0 fully saturated rings. The van der Waals surface area contributed by atoms with Gasteiger partial charge in [-0.2, -0.15) is 0 Å². The highest BCUT2D eigenvalue weighted by Gasteiger charge is 2.16. The average Bonchev–Trinajstić information content (AvgIpc) is 2.71. The van der Waals surface area contributed by atoms with E-state index >= 15 is 0 Å². The largest absolute Gasteiger partial charge is 0.487 e. The lowest BCUT2D eigenvalue weighted by Gasteiger charge is -2.15. The molecule has 0 aliphatic rings. The molecule has 0 saturated carbocycles. The van der Waals surface area contributed by atoms with Gasteiger partial charge in [0, 0.05) is 17.4 Å². The number of benzene rings is 2. The summed E-state index contributed by atoms with van der Waals surface area (Å²) in [6, 6.07) is 15.0. The Morgan fingerprint density at radius 2 is 1.79 bits per heavy atom. The van der Waals surface area contributed by atoms with E-state index in [1.54, 1.807) is 56.3 Å². The van der Waals surface area contributed by atoms with Crippen molar-refractivity contribution in [3.63, 3.8) is 0 Å². The third-order valence-electron chi connectivity index (χ3n) is 4.11. The molecule has 0 N–H and O–H groups in total. The molecule has 0 saturated heterocycles. The number of hydrogen-bond acceptors (Lipinski definition) is 6. The number of rotatable bonds is 7. The van der Waals surface area contributed by atoms with E-state index in [0.29, 0.717) is 28.7 Å². The first-order valence-corrected chi connectivity index (χ1v) is 8.98. The summed E-state index contributed by atoms with van der Waals surface area (Å²) in [5.74, 6) is -0.177. The molecule has 6 heteroatoms. The second kappa shape index (κ2) is 8.52. The molecule has 1 aromatic heterocycles. The van der Waals surface area contributed by atoms with Crippen molar-refractivity contribution in [1.29, 1.82) is 0 Å². The summed E-state index contributed by atoms with van der Waals surface area (Å²) < 4.78 is 15.9. The van der Waals surface area contributed by atoms with Crippen LogP contribution in [-0.2, 0) is 9.53 Å². The lowest BCUT2D eigenvalue weighted by atomic mass is 10.0. The number of fused-ring (bicyclic) bond motifs is 1. The lowest BCUT2D eigenvalue weighted by Crippen LogP contribution is -2.21. The molecule has 0 aliphatic heterocycles. The van der Waals surface area contributed by atoms with E-state index < -0.39 is 11.4 Å². The van der Waals surface area contributed by atoms with Gasteiger partial charge < -0.3 is 13.9 Å². The molecule has 144 valence electrons. The molecule has 0 aliphatic carbocycles. The van der Waals surface area contributed by atoms with Crippen LogP contribution < -0.4 is 10.4 Å². The van der Waals surface area contributed by atoms with E-state index in [9.17, 15) is 14.4 Å². The van der Waals surface area contributed by atoms with Crippen LogP contribution in [0.2, 0.25) is 0 Å². The van der Waals surface area contributed by atoms with Crippen LogP contribution >= 0.6 is 0 Å². The fourth-order valence-electron chi connectivity index (χ4n) is 2.64. The Labute approximate surface area is 161 Å². The number of para-hydroxylation sites is 1. The summed E-state index contributed by atoms with van der Waals surface area (Å²) in [6.45, 7) is 3.65. The van der Waals surface area contributed by atoms with Crippen molar-refractivity contribution >= 4 is 22.7 Å². The molecular weight excluding hydrogens is 360 g/mol. The second-order valence-corrected chi connectivity index (χ2v) is 6.30. The Bertz CT molecular complexity index is 1050. The summed E-state index contributed by atoms with van der Waals surface area (Å²) in [4.78, 5) is 36.0. The van der Waals surface area contributed by atoms with E-state index in [2.05, 4.69) is 0 Å². The van der Waals surface area contributed by atoms with Crippen molar-refractivity contribution in [3.05, 3.63) is 76.1 Å². The first kappa shape index (κ1) is 19.4. The standard InChI is InChI=1S/C22H20O6/c1-3-20(23)26-13-14(2)27-17-10-8-15(9-11-17)21(24)18-12-16-6-4-5-7-19(16)28-22(18)25/h4-12,14H,3,13H2,1-2H3. The molecule has 1 heterocycles. The summed E-state index contributed by atoms with van der Waals surface area (Å²) in [5, 5.41) is 0.681. The summed E-state index contributed by atoms with van der Waals surface area (Å²) in [6.07, 6.45) is -0.0173. The zero-order valence-electron chi connectivity index (χ0n) is 15.6. The molecular formula is C22H20O6. The Hall–Kier alpha value is -3.41. The van der Waals surface area contributed by atoms with Gasteiger partial charge in [0.25, 0.3) is 0 Å². The van der Waals surface area contributed by atoms with Gasteiger partial charge in [0.05, 0.1) is 0 Å². The van der Waals surface area contributed by atoms with Gasteiger partial charge in [-0.15, -0.1) is 0 Å². The Morgan fingerprint density at radius 3 is 2.50 bits per heavy atom. The number of esters is 1. The monoisotopic (exact) mass is 380 g/mol. The summed E-state index contributed by atoms with van der Waals surface area (Å²) >= 11 is 0. The molecule has 1 unspecified atom stereocenters. The molecule has 0 radical (unpaired) electrons. The predicted octanol–water partition coefficient (Wildman–Crippen LogP) is 3.74. The van der Waals surface area contributed by atoms with Crippen LogP contribution in [0.3, 0.4) is 0 Å². The Balaban J connectivity index is 1.73. The van der Waals surface area contributed by atoms with Crippen molar-refractivity contribution in [1.82, 2.24) is 0 Å². The maximum absolute atomic E-state index is 12.7. The van der Waals surface area contributed by atoms with Crippen LogP contribution in [-0.4, -0.2) is 24.5 Å². The van der Waals surface area contributed by atoms with E-state index in [4.69, 9.17) is 13.9 Å². The maximum Gasteiger partial charge on any atom is 0.347 e. The van der Waals surface area contributed by atoms with Crippen LogP contribution in [0.1, 0.15) is 36.2 Å². The molecule has 1 atom stereocenters. The molecule has 3 rings (SSSR count). The van der Waals surface area contributed by atoms with E-state index in [1.807, 2.05) is 6.07 Å². The van der Waals surface area contributed by atoms with E-state index in [0.717, 1.165) is 0 Å². The van der Waals surface area contributed by atoms with Gasteiger partial charge in [0.15, 0.2) is 5.78 Å². The third-order valence-corrected chi connectivity index (χ3v) is 4.11. The number of carbonyl (C=O) groups excluding carboxylic acids is 2. The topological polar surface area (TPSA) is 82.8 Å². The van der Waals surface area contributed by atoms with Crippen molar-refractivity contribution in [2.24, 2.45) is 0 Å². The van der Waals surface area contributed by atoms with Crippen molar-refractivity contribution < 1.29 is 23.5 Å². The number of carbonyl (C=O) groups is 2. The summed E-state index contributed by atoms with van der Waals surface area (Å²) in [7, 11) is 0. The highest BCUT2D eigenvalue weighted by molar-refractivity contribution is 6.09. The van der Waals surface area contributed by atoms with Crippen LogP contribution in [0.5, 0.6) is 5.75 Å². The zero-order chi connectivity index (χ0) is 20.1. The van der Waals surface area contributed by atoms with Gasteiger partial charge in [-0.3, -0.25) is 9.59 Å². The highest BCUT2D eigenvalue weighted by Crippen LogP contribution is 2.18. The normalized spacial score (nSPS) is 11.8. The average molecular weight is 380 g/mol. The van der Waals surface area contributed by atoms with Crippen molar-refractivity contribution in [2.45, 2.75) is 26.4 Å². The molecule has 3 aromatic rings. The minimum absolute atomic E-state index is 0.0211. The van der Waals surface area contributed by atoms with Crippen LogP contribution in [0, 0.1) is 0 Å². The molecule has 0 bridgehead atoms. The molecule has 0 spiro atoms. The van der Waals surface area contributed by atoms with Crippen LogP contribution in [0.4, 0.5) is 0 Å². The van der Waals surface area contributed by atoms with Crippen molar-refractivity contribution in [3.8, 4) is 5.75 Å². The zero-order valence-corrected chi connectivity index (χ0v) is 15.6. The fraction of sp³-hybridized carbons (Fsp3) is 0.227. The molecule has 2 aromatic carbocycles. The third kappa shape index (κ3) is 4.46.